The van der Waals surface area contributed by atoms with E-state index in [9.17, 15) is 10.1 Å². The molecule has 0 saturated carbocycles. The highest BCUT2D eigenvalue weighted by Crippen LogP contribution is 2.23. The molecule has 0 aliphatic rings. The van der Waals surface area contributed by atoms with Crippen LogP contribution < -0.4 is 5.32 Å². The summed E-state index contributed by atoms with van der Waals surface area (Å²) in [5.41, 5.74) is 1.13. The lowest BCUT2D eigenvalue weighted by molar-refractivity contribution is -0.385. The van der Waals surface area contributed by atoms with Gasteiger partial charge < -0.3 is 5.32 Å². The van der Waals surface area contributed by atoms with Gasteiger partial charge in [-0.05, 0) is 19.5 Å². The molecule has 1 aromatic carbocycles. The summed E-state index contributed by atoms with van der Waals surface area (Å²) >= 11 is 6.02. The molecular formula is C16H19ClN4O2. The van der Waals surface area contributed by atoms with Crippen LogP contribution in [-0.4, -0.2) is 34.4 Å². The molecule has 122 valence electrons. The summed E-state index contributed by atoms with van der Waals surface area (Å²) in [6, 6.07) is 11.8. The van der Waals surface area contributed by atoms with E-state index >= 15 is 0 Å². The highest BCUT2D eigenvalue weighted by Gasteiger charge is 2.13. The Balaban J connectivity index is 1.91. The van der Waals surface area contributed by atoms with Crippen molar-refractivity contribution in [3.8, 4) is 0 Å². The molecule has 0 bridgehead atoms. The van der Waals surface area contributed by atoms with Gasteiger partial charge in [-0.2, -0.15) is 0 Å². The van der Waals surface area contributed by atoms with Crippen LogP contribution >= 0.6 is 11.6 Å². The summed E-state index contributed by atoms with van der Waals surface area (Å²) in [7, 11) is 2.05. The van der Waals surface area contributed by atoms with Crippen LogP contribution in [0.5, 0.6) is 0 Å². The molecule has 7 heteroatoms. The zero-order chi connectivity index (χ0) is 16.8. The zero-order valence-electron chi connectivity index (χ0n) is 13.1. The molecule has 0 saturated heterocycles. The van der Waals surface area contributed by atoms with Gasteiger partial charge in [-0.1, -0.05) is 41.9 Å². The minimum Gasteiger partial charge on any atom is -0.367 e. The number of likely N-dealkylation sites (N-methyl/N-ethyl adjacent to an activating group) is 1. The first-order chi connectivity index (χ1) is 11.0. The Morgan fingerprint density at radius 3 is 2.70 bits per heavy atom. The number of nitrogens with zero attached hydrogens (tertiary/aromatic N) is 3. The smallest absolute Gasteiger partial charge is 0.289 e. The Hall–Kier alpha value is -2.18. The summed E-state index contributed by atoms with van der Waals surface area (Å²) in [6.45, 7) is 3.56. The third-order valence-electron chi connectivity index (χ3n) is 3.63. The molecule has 1 aromatic heterocycles. The van der Waals surface area contributed by atoms with Crippen molar-refractivity contribution in [3.05, 3.63) is 63.3 Å². The van der Waals surface area contributed by atoms with E-state index in [0.29, 0.717) is 12.4 Å². The van der Waals surface area contributed by atoms with Gasteiger partial charge in [0.2, 0.25) is 0 Å². The number of hydrogen-bond donors (Lipinski definition) is 1. The number of hydrogen-bond acceptors (Lipinski definition) is 5. The van der Waals surface area contributed by atoms with E-state index in [1.54, 1.807) is 0 Å². The number of anilines is 1. The SMILES string of the molecule is CC(CNc1ncc([N+](=O)[O-])cc1Cl)N(C)Cc1ccccc1. The maximum Gasteiger partial charge on any atom is 0.289 e. The van der Waals surface area contributed by atoms with Gasteiger partial charge in [0.05, 0.1) is 9.95 Å². The molecule has 1 heterocycles. The molecule has 0 spiro atoms. The third-order valence-corrected chi connectivity index (χ3v) is 3.92. The van der Waals surface area contributed by atoms with Crippen molar-refractivity contribution in [2.45, 2.75) is 19.5 Å². The van der Waals surface area contributed by atoms with Gasteiger partial charge in [-0.15, -0.1) is 0 Å². The summed E-state index contributed by atoms with van der Waals surface area (Å²) in [4.78, 5) is 16.4. The third kappa shape index (κ3) is 4.91. The van der Waals surface area contributed by atoms with Gasteiger partial charge >= 0.3 is 0 Å². The number of nitro groups is 1. The molecule has 0 radical (unpaired) electrons. The second-order valence-corrected chi connectivity index (χ2v) is 5.82. The van der Waals surface area contributed by atoms with E-state index < -0.39 is 4.92 Å². The maximum atomic E-state index is 10.7. The highest BCUT2D eigenvalue weighted by atomic mass is 35.5. The van der Waals surface area contributed by atoms with E-state index in [4.69, 9.17) is 11.6 Å². The van der Waals surface area contributed by atoms with Crippen LogP contribution in [-0.2, 0) is 6.54 Å². The molecule has 1 atom stereocenters. The summed E-state index contributed by atoms with van der Waals surface area (Å²) in [6.07, 6.45) is 1.20. The van der Waals surface area contributed by atoms with E-state index in [-0.39, 0.29) is 16.8 Å². The van der Waals surface area contributed by atoms with Crippen LogP contribution in [0.25, 0.3) is 0 Å². The number of benzene rings is 1. The second kappa shape index (κ2) is 7.89. The molecule has 0 aliphatic heterocycles. The van der Waals surface area contributed by atoms with E-state index in [0.717, 1.165) is 6.54 Å². The predicted octanol–water partition coefficient (Wildman–Crippen LogP) is 3.58. The van der Waals surface area contributed by atoms with Crippen LogP contribution in [0, 0.1) is 10.1 Å². The lowest BCUT2D eigenvalue weighted by Gasteiger charge is -2.25. The van der Waals surface area contributed by atoms with Gasteiger partial charge in [-0.25, -0.2) is 4.98 Å². The monoisotopic (exact) mass is 334 g/mol. The van der Waals surface area contributed by atoms with Crippen molar-refractivity contribution >= 4 is 23.1 Å². The Morgan fingerprint density at radius 1 is 1.39 bits per heavy atom. The minimum absolute atomic E-state index is 0.116. The highest BCUT2D eigenvalue weighted by molar-refractivity contribution is 6.33. The fourth-order valence-corrected chi connectivity index (χ4v) is 2.31. The van der Waals surface area contributed by atoms with Crippen LogP contribution in [0.3, 0.4) is 0 Å². The largest absolute Gasteiger partial charge is 0.367 e. The lowest BCUT2D eigenvalue weighted by Crippen LogP contribution is -2.34. The topological polar surface area (TPSA) is 71.3 Å². The van der Waals surface area contributed by atoms with Crippen molar-refractivity contribution in [1.29, 1.82) is 0 Å². The fraction of sp³-hybridized carbons (Fsp3) is 0.312. The van der Waals surface area contributed by atoms with Crippen LogP contribution in [0.2, 0.25) is 5.02 Å². The van der Waals surface area contributed by atoms with Gasteiger partial charge in [-0.3, -0.25) is 15.0 Å². The maximum absolute atomic E-state index is 10.7. The van der Waals surface area contributed by atoms with E-state index in [2.05, 4.69) is 34.3 Å². The standard InChI is InChI=1S/C16H19ClN4O2/c1-12(20(2)11-13-6-4-3-5-7-13)9-18-16-15(17)8-14(10-19-16)21(22)23/h3-8,10,12H,9,11H2,1-2H3,(H,18,19). The van der Waals surface area contributed by atoms with Crippen molar-refractivity contribution in [3.63, 3.8) is 0 Å². The first-order valence-corrected chi connectivity index (χ1v) is 7.63. The van der Waals surface area contributed by atoms with Crippen LogP contribution in [0.1, 0.15) is 12.5 Å². The van der Waals surface area contributed by atoms with Crippen molar-refractivity contribution in [2.24, 2.45) is 0 Å². The number of nitrogens with one attached hydrogen (secondary N) is 1. The fourth-order valence-electron chi connectivity index (χ4n) is 2.09. The van der Waals surface area contributed by atoms with Crippen LogP contribution in [0.4, 0.5) is 11.5 Å². The summed E-state index contributed by atoms with van der Waals surface area (Å²) in [5.74, 6) is 0.456. The van der Waals surface area contributed by atoms with E-state index in [1.807, 2.05) is 25.2 Å². The van der Waals surface area contributed by atoms with Gasteiger partial charge in [0, 0.05) is 25.2 Å². The Bertz CT molecular complexity index is 666. The quantitative estimate of drug-likeness (QED) is 0.619. The van der Waals surface area contributed by atoms with Gasteiger partial charge in [0.15, 0.2) is 0 Å². The molecule has 23 heavy (non-hydrogen) atoms. The summed E-state index contributed by atoms with van der Waals surface area (Å²) < 4.78 is 0. The molecule has 0 fully saturated rings. The van der Waals surface area contributed by atoms with Crippen molar-refractivity contribution in [1.82, 2.24) is 9.88 Å². The summed E-state index contributed by atoms with van der Waals surface area (Å²) in [5, 5.41) is 14.1. The number of rotatable bonds is 7. The molecule has 1 unspecified atom stereocenters. The molecule has 6 nitrogen and oxygen atoms in total. The van der Waals surface area contributed by atoms with Gasteiger partial charge in [0.1, 0.15) is 12.0 Å². The van der Waals surface area contributed by atoms with Crippen molar-refractivity contribution in [2.75, 3.05) is 18.9 Å². The average Bonchev–Trinajstić information content (AvgIpc) is 2.54. The first kappa shape index (κ1) is 17.2. The predicted molar refractivity (Wildman–Crippen MR) is 91.8 cm³/mol. The zero-order valence-corrected chi connectivity index (χ0v) is 13.8. The van der Waals surface area contributed by atoms with E-state index in [1.165, 1.54) is 17.8 Å². The Labute approximate surface area is 140 Å². The molecule has 0 amide bonds. The first-order valence-electron chi connectivity index (χ1n) is 7.25. The van der Waals surface area contributed by atoms with Crippen LogP contribution in [0.15, 0.2) is 42.6 Å². The Morgan fingerprint density at radius 2 is 2.09 bits per heavy atom. The molecule has 2 rings (SSSR count). The Kier molecular flexibility index (Phi) is 5.90. The molecule has 0 aliphatic carbocycles. The molecule has 1 N–H and O–H groups in total. The molecular weight excluding hydrogens is 316 g/mol. The lowest BCUT2D eigenvalue weighted by atomic mass is 10.2. The number of aromatic nitrogens is 1. The van der Waals surface area contributed by atoms with Gasteiger partial charge in [0.25, 0.3) is 5.69 Å². The average molecular weight is 335 g/mol. The second-order valence-electron chi connectivity index (χ2n) is 5.41. The number of halogens is 1. The number of pyridine rings is 1. The normalized spacial score (nSPS) is 12.2. The molecule has 2 aromatic rings. The van der Waals surface area contributed by atoms with Crippen molar-refractivity contribution < 1.29 is 4.92 Å². The minimum atomic E-state index is -0.515.